The van der Waals surface area contributed by atoms with E-state index < -0.39 is 12.1 Å². The molecule has 1 aromatic heterocycles. The number of carbonyl (C=O) groups excluding carboxylic acids is 2. The van der Waals surface area contributed by atoms with Gasteiger partial charge >= 0.3 is 0 Å². The summed E-state index contributed by atoms with van der Waals surface area (Å²) in [6.07, 6.45) is 0.751. The summed E-state index contributed by atoms with van der Waals surface area (Å²) in [6, 6.07) is 8.17. The van der Waals surface area contributed by atoms with Crippen LogP contribution in [0.1, 0.15) is 17.3 Å². The number of hydrogen-bond acceptors (Lipinski definition) is 4. The normalized spacial score (nSPS) is 20.8. The minimum absolute atomic E-state index is 0.164. The van der Waals surface area contributed by atoms with Crippen LogP contribution >= 0.6 is 11.6 Å². The van der Waals surface area contributed by atoms with Gasteiger partial charge in [-0.25, -0.2) is 0 Å². The van der Waals surface area contributed by atoms with E-state index >= 15 is 0 Å². The fraction of sp³-hybridized carbons (Fsp3) is 0.267. The lowest BCUT2D eigenvalue weighted by atomic mass is 9.99. The second-order valence-corrected chi connectivity index (χ2v) is 5.51. The van der Waals surface area contributed by atoms with Gasteiger partial charge in [0.05, 0.1) is 18.3 Å². The zero-order valence-electron chi connectivity index (χ0n) is 12.1. The van der Waals surface area contributed by atoms with Crippen LogP contribution in [0.5, 0.6) is 0 Å². The Morgan fingerprint density at radius 3 is 2.96 bits per heavy atom. The molecule has 0 bridgehead atoms. The summed E-state index contributed by atoms with van der Waals surface area (Å²) in [6.45, 7) is 0.130. The largest absolute Gasteiger partial charge is 0.356 e. The quantitative estimate of drug-likeness (QED) is 0.775. The molecule has 2 aromatic rings. The molecule has 2 atom stereocenters. The maximum Gasteiger partial charge on any atom is 0.251 e. The molecule has 1 aromatic carbocycles. The number of carbonyl (C=O) groups is 2. The molecule has 23 heavy (non-hydrogen) atoms. The number of nitrogens with one attached hydrogen (secondary N) is 3. The third-order valence-corrected chi connectivity index (χ3v) is 3.87. The molecule has 1 aliphatic rings. The number of H-pyrrole nitrogens is 1. The smallest absolute Gasteiger partial charge is 0.251 e. The summed E-state index contributed by atoms with van der Waals surface area (Å²) in [5.74, 6) is -0.614. The number of aromatic amines is 1. The zero-order valence-corrected chi connectivity index (χ0v) is 12.8. The molecule has 0 saturated carbocycles. The number of aromatic nitrogens is 2. The number of benzene rings is 1. The number of amides is 2. The van der Waals surface area contributed by atoms with E-state index in [0.717, 1.165) is 5.69 Å². The summed E-state index contributed by atoms with van der Waals surface area (Å²) in [5.41, 5.74) is 1.41. The fourth-order valence-electron chi connectivity index (χ4n) is 2.41. The van der Waals surface area contributed by atoms with Crippen molar-refractivity contribution in [2.75, 3.05) is 6.61 Å². The second kappa shape index (κ2) is 6.80. The highest BCUT2D eigenvalue weighted by atomic mass is 35.5. The molecule has 1 fully saturated rings. The third-order valence-electron chi connectivity index (χ3n) is 3.52. The minimum Gasteiger partial charge on any atom is -0.356 e. The van der Waals surface area contributed by atoms with E-state index in [-0.39, 0.29) is 18.4 Å². The van der Waals surface area contributed by atoms with Gasteiger partial charge in [-0.2, -0.15) is 5.10 Å². The molecule has 3 N–H and O–H groups in total. The lowest BCUT2D eigenvalue weighted by molar-refractivity contribution is -0.148. The summed E-state index contributed by atoms with van der Waals surface area (Å²) < 4.78 is 5.44. The fourth-order valence-corrected chi connectivity index (χ4v) is 2.67. The van der Waals surface area contributed by atoms with Crippen molar-refractivity contribution < 1.29 is 14.3 Å². The lowest BCUT2D eigenvalue weighted by Gasteiger charge is -2.32. The van der Waals surface area contributed by atoms with Crippen LogP contribution in [0.25, 0.3) is 0 Å². The molecule has 8 heteroatoms. The average molecular weight is 335 g/mol. The molecule has 3 rings (SSSR count). The van der Waals surface area contributed by atoms with Crippen LogP contribution in [0, 0.1) is 0 Å². The van der Waals surface area contributed by atoms with E-state index in [1.807, 2.05) is 0 Å². The van der Waals surface area contributed by atoms with Gasteiger partial charge in [0, 0.05) is 11.2 Å². The van der Waals surface area contributed by atoms with Gasteiger partial charge in [-0.3, -0.25) is 14.7 Å². The highest BCUT2D eigenvalue weighted by Gasteiger charge is 2.36. The van der Waals surface area contributed by atoms with Crippen molar-refractivity contribution in [3.8, 4) is 0 Å². The highest BCUT2D eigenvalue weighted by Crippen LogP contribution is 2.28. The molecule has 2 amide bonds. The Kier molecular flexibility index (Phi) is 4.59. The molecule has 0 unspecified atom stereocenters. The molecule has 7 nitrogen and oxygen atoms in total. The highest BCUT2D eigenvalue weighted by molar-refractivity contribution is 6.31. The second-order valence-electron chi connectivity index (χ2n) is 5.10. The molecule has 1 aliphatic heterocycles. The molecule has 0 radical (unpaired) electrons. The number of ether oxygens (including phenoxy) is 1. The first kappa shape index (κ1) is 15.5. The van der Waals surface area contributed by atoms with Crippen LogP contribution in [0.3, 0.4) is 0 Å². The van der Waals surface area contributed by atoms with Crippen LogP contribution in [0.2, 0.25) is 5.02 Å². The summed E-state index contributed by atoms with van der Waals surface area (Å²) in [4.78, 5) is 24.1. The first-order valence-corrected chi connectivity index (χ1v) is 7.44. The lowest BCUT2D eigenvalue weighted by Crippen LogP contribution is -2.52. The predicted molar refractivity (Wildman–Crippen MR) is 82.5 cm³/mol. The standard InChI is InChI=1S/C15H15ClN4O3/c16-11-4-2-1-3-10(11)13-14(23-8-12(21)19-13)15(22)17-7-9-5-6-18-20-9/h1-6,13-14H,7-8H2,(H,17,22)(H,18,20)(H,19,21)/t13-,14+/m1/s1. The van der Waals surface area contributed by atoms with Gasteiger partial charge in [-0.15, -0.1) is 0 Å². The number of nitrogens with zero attached hydrogens (tertiary/aromatic N) is 1. The SMILES string of the molecule is O=C1CO[C@H](C(=O)NCc2ccn[nH]2)[C@@H](c2ccccc2Cl)N1. The Labute approximate surface area is 137 Å². The van der Waals surface area contributed by atoms with Gasteiger partial charge in [-0.05, 0) is 17.7 Å². The molecule has 2 heterocycles. The molecule has 120 valence electrons. The topological polar surface area (TPSA) is 96.1 Å². The predicted octanol–water partition coefficient (Wildman–Crippen LogP) is 0.936. The molecule has 0 spiro atoms. The van der Waals surface area contributed by atoms with E-state index in [4.69, 9.17) is 16.3 Å². The molecule has 1 saturated heterocycles. The maximum atomic E-state index is 12.4. The van der Waals surface area contributed by atoms with Gasteiger partial charge in [0.25, 0.3) is 5.91 Å². The Hall–Kier alpha value is -2.38. The Bertz CT molecular complexity index is 705. The van der Waals surface area contributed by atoms with Gasteiger partial charge in [-0.1, -0.05) is 29.8 Å². The van der Waals surface area contributed by atoms with Crippen molar-refractivity contribution in [3.05, 3.63) is 52.8 Å². The number of rotatable bonds is 4. The van der Waals surface area contributed by atoms with Gasteiger partial charge in [0.15, 0.2) is 6.10 Å². The Morgan fingerprint density at radius 2 is 2.22 bits per heavy atom. The Balaban J connectivity index is 1.76. The van der Waals surface area contributed by atoms with Gasteiger partial charge in [0.2, 0.25) is 5.91 Å². The van der Waals surface area contributed by atoms with Crippen LogP contribution in [0.4, 0.5) is 0 Å². The average Bonchev–Trinajstić information content (AvgIpc) is 3.06. The van der Waals surface area contributed by atoms with E-state index in [1.165, 1.54) is 0 Å². The molecule has 0 aliphatic carbocycles. The van der Waals surface area contributed by atoms with E-state index in [2.05, 4.69) is 20.8 Å². The van der Waals surface area contributed by atoms with Crippen LogP contribution in [0.15, 0.2) is 36.5 Å². The number of hydrogen-bond donors (Lipinski definition) is 3. The third kappa shape index (κ3) is 3.52. The van der Waals surface area contributed by atoms with Crippen molar-refractivity contribution in [2.45, 2.75) is 18.7 Å². The molecular formula is C15H15ClN4O3. The minimum atomic E-state index is -0.851. The first-order valence-electron chi connectivity index (χ1n) is 7.06. The van der Waals surface area contributed by atoms with E-state index in [9.17, 15) is 9.59 Å². The number of morpholine rings is 1. The monoisotopic (exact) mass is 334 g/mol. The summed E-state index contributed by atoms with van der Waals surface area (Å²) >= 11 is 6.18. The van der Waals surface area contributed by atoms with Crippen molar-refractivity contribution in [1.29, 1.82) is 0 Å². The molecular weight excluding hydrogens is 320 g/mol. The van der Waals surface area contributed by atoms with Crippen molar-refractivity contribution in [1.82, 2.24) is 20.8 Å². The van der Waals surface area contributed by atoms with Crippen molar-refractivity contribution in [3.63, 3.8) is 0 Å². The van der Waals surface area contributed by atoms with E-state index in [1.54, 1.807) is 36.5 Å². The number of halogens is 1. The zero-order chi connectivity index (χ0) is 16.2. The van der Waals surface area contributed by atoms with Crippen LogP contribution < -0.4 is 10.6 Å². The maximum absolute atomic E-state index is 12.4. The first-order chi connectivity index (χ1) is 11.1. The van der Waals surface area contributed by atoms with Gasteiger partial charge in [0.1, 0.15) is 6.61 Å². The Morgan fingerprint density at radius 1 is 1.39 bits per heavy atom. The van der Waals surface area contributed by atoms with Crippen molar-refractivity contribution >= 4 is 23.4 Å². The van der Waals surface area contributed by atoms with E-state index in [0.29, 0.717) is 17.1 Å². The summed E-state index contributed by atoms with van der Waals surface area (Å²) in [5, 5.41) is 12.6. The van der Waals surface area contributed by atoms with Gasteiger partial charge < -0.3 is 15.4 Å². The van der Waals surface area contributed by atoms with Crippen LogP contribution in [-0.4, -0.2) is 34.7 Å². The summed E-state index contributed by atoms with van der Waals surface area (Å²) in [7, 11) is 0. The van der Waals surface area contributed by atoms with Crippen molar-refractivity contribution in [2.24, 2.45) is 0 Å². The van der Waals surface area contributed by atoms with Crippen LogP contribution in [-0.2, 0) is 20.9 Å².